The van der Waals surface area contributed by atoms with Crippen LogP contribution in [0.15, 0.2) is 24.3 Å². The predicted molar refractivity (Wildman–Crippen MR) is 66.6 cm³/mol. The smallest absolute Gasteiger partial charge is 0.0474 e. The molecule has 1 saturated heterocycles. The van der Waals surface area contributed by atoms with Crippen LogP contribution in [0.4, 0.5) is 0 Å². The maximum Gasteiger partial charge on any atom is 0.0474 e. The lowest BCUT2D eigenvalue weighted by Crippen LogP contribution is -2.30. The largest absolute Gasteiger partial charge is 0.381 e. The fourth-order valence-corrected chi connectivity index (χ4v) is 2.52. The summed E-state index contributed by atoms with van der Waals surface area (Å²) in [6.45, 7) is 4.16. The molecule has 1 aromatic carbocycles. The molecule has 2 rings (SSSR count). The Kier molecular flexibility index (Phi) is 3.12. The Morgan fingerprint density at radius 3 is 2.64 bits per heavy atom. The highest BCUT2D eigenvalue weighted by Crippen LogP contribution is 2.34. The average Bonchev–Trinajstić information content (AvgIpc) is 2.19. The van der Waals surface area contributed by atoms with Crippen LogP contribution in [-0.4, -0.2) is 13.2 Å². The minimum Gasteiger partial charge on any atom is -0.381 e. The van der Waals surface area contributed by atoms with Crippen molar-refractivity contribution in [3.8, 4) is 0 Å². The van der Waals surface area contributed by atoms with Crippen LogP contribution in [-0.2, 0) is 10.2 Å². The van der Waals surface area contributed by atoms with Crippen LogP contribution >= 0.6 is 22.6 Å². The molecule has 1 fully saturated rings. The second-order valence-electron chi connectivity index (χ2n) is 4.18. The second-order valence-corrected chi connectivity index (χ2v) is 5.43. The van der Waals surface area contributed by atoms with E-state index in [1.807, 2.05) is 0 Å². The van der Waals surface area contributed by atoms with Gasteiger partial charge in [-0.25, -0.2) is 0 Å². The van der Waals surface area contributed by atoms with Crippen LogP contribution < -0.4 is 0 Å². The number of hydrogen-bond donors (Lipinski definition) is 0. The monoisotopic (exact) mass is 302 g/mol. The number of hydrogen-bond acceptors (Lipinski definition) is 1. The van der Waals surface area contributed by atoms with Crippen LogP contribution in [0, 0.1) is 3.57 Å². The third-order valence-electron chi connectivity index (χ3n) is 3.12. The highest BCUT2D eigenvalue weighted by Gasteiger charge is 2.29. The van der Waals surface area contributed by atoms with Gasteiger partial charge in [0.15, 0.2) is 0 Å². The van der Waals surface area contributed by atoms with E-state index < -0.39 is 0 Å². The van der Waals surface area contributed by atoms with Gasteiger partial charge in [-0.1, -0.05) is 19.1 Å². The normalized spacial score (nSPS) is 20.7. The van der Waals surface area contributed by atoms with E-state index in [1.54, 1.807) is 0 Å². The Balaban J connectivity index is 2.28. The third kappa shape index (κ3) is 2.11. The van der Waals surface area contributed by atoms with Crippen molar-refractivity contribution in [2.75, 3.05) is 13.2 Å². The van der Waals surface area contributed by atoms with E-state index in [4.69, 9.17) is 4.74 Å². The average molecular weight is 302 g/mol. The Bertz CT molecular complexity index is 316. The van der Waals surface area contributed by atoms with E-state index in [1.165, 1.54) is 9.13 Å². The molecule has 1 nitrogen and oxygen atoms in total. The van der Waals surface area contributed by atoms with Gasteiger partial charge in [0.25, 0.3) is 0 Å². The molecule has 0 aliphatic carbocycles. The molecule has 0 N–H and O–H groups in total. The zero-order chi connectivity index (χ0) is 10.0. The molecule has 0 bridgehead atoms. The van der Waals surface area contributed by atoms with Crippen molar-refractivity contribution in [1.29, 1.82) is 0 Å². The van der Waals surface area contributed by atoms with Crippen molar-refractivity contribution < 1.29 is 4.74 Å². The van der Waals surface area contributed by atoms with Crippen LogP contribution in [0.3, 0.4) is 0 Å². The first-order chi connectivity index (χ1) is 6.71. The lowest BCUT2D eigenvalue weighted by atomic mass is 9.76. The molecular formula is C12H15IO. The van der Waals surface area contributed by atoms with Gasteiger partial charge in [0.1, 0.15) is 0 Å². The Labute approximate surface area is 99.0 Å². The Hall–Kier alpha value is -0.0900. The third-order valence-corrected chi connectivity index (χ3v) is 3.79. The second kappa shape index (κ2) is 4.19. The van der Waals surface area contributed by atoms with Crippen molar-refractivity contribution in [3.63, 3.8) is 0 Å². The Morgan fingerprint density at radius 1 is 1.29 bits per heavy atom. The Morgan fingerprint density at radius 2 is 2.00 bits per heavy atom. The van der Waals surface area contributed by atoms with Gasteiger partial charge in [0, 0.05) is 16.8 Å². The molecule has 1 heterocycles. The summed E-state index contributed by atoms with van der Waals surface area (Å²) in [6.07, 6.45) is 2.29. The minimum atomic E-state index is 0.333. The van der Waals surface area contributed by atoms with Gasteiger partial charge in [-0.05, 0) is 58.5 Å². The molecule has 0 spiro atoms. The van der Waals surface area contributed by atoms with E-state index in [0.717, 1.165) is 26.1 Å². The van der Waals surface area contributed by atoms with Gasteiger partial charge < -0.3 is 4.74 Å². The summed E-state index contributed by atoms with van der Waals surface area (Å²) < 4.78 is 6.74. The molecule has 14 heavy (non-hydrogen) atoms. The fraction of sp³-hybridized carbons (Fsp3) is 0.500. The van der Waals surface area contributed by atoms with Crippen molar-refractivity contribution in [1.82, 2.24) is 0 Å². The lowest BCUT2D eigenvalue weighted by molar-refractivity contribution is 0.0564. The topological polar surface area (TPSA) is 9.23 Å². The van der Waals surface area contributed by atoms with E-state index >= 15 is 0 Å². The van der Waals surface area contributed by atoms with Crippen LogP contribution in [0.25, 0.3) is 0 Å². The highest BCUT2D eigenvalue weighted by molar-refractivity contribution is 14.1. The van der Waals surface area contributed by atoms with Crippen LogP contribution in [0.2, 0.25) is 0 Å². The molecule has 0 saturated carbocycles. The van der Waals surface area contributed by atoms with Gasteiger partial charge in [0.2, 0.25) is 0 Å². The number of ether oxygens (including phenoxy) is 1. The van der Waals surface area contributed by atoms with Crippen molar-refractivity contribution in [2.24, 2.45) is 0 Å². The lowest BCUT2D eigenvalue weighted by Gasteiger charge is -2.34. The molecule has 1 aliphatic rings. The minimum absolute atomic E-state index is 0.333. The van der Waals surface area contributed by atoms with Gasteiger partial charge >= 0.3 is 0 Å². The van der Waals surface area contributed by atoms with Crippen LogP contribution in [0.1, 0.15) is 25.3 Å². The maximum absolute atomic E-state index is 5.41. The number of benzene rings is 1. The predicted octanol–water partition coefficient (Wildman–Crippen LogP) is 3.36. The molecular weight excluding hydrogens is 287 g/mol. The molecule has 0 amide bonds. The summed E-state index contributed by atoms with van der Waals surface area (Å²) in [4.78, 5) is 0. The van der Waals surface area contributed by atoms with Crippen molar-refractivity contribution in [3.05, 3.63) is 33.4 Å². The van der Waals surface area contributed by atoms with E-state index in [9.17, 15) is 0 Å². The molecule has 2 heteroatoms. The molecule has 0 atom stereocenters. The zero-order valence-corrected chi connectivity index (χ0v) is 10.6. The van der Waals surface area contributed by atoms with E-state index in [-0.39, 0.29) is 0 Å². The first-order valence-electron chi connectivity index (χ1n) is 5.04. The van der Waals surface area contributed by atoms with E-state index in [0.29, 0.717) is 5.41 Å². The van der Waals surface area contributed by atoms with Crippen LogP contribution in [0.5, 0.6) is 0 Å². The van der Waals surface area contributed by atoms with Gasteiger partial charge in [-0.3, -0.25) is 0 Å². The van der Waals surface area contributed by atoms with Crippen molar-refractivity contribution in [2.45, 2.75) is 25.2 Å². The van der Waals surface area contributed by atoms with E-state index in [2.05, 4.69) is 53.8 Å². The molecule has 0 aromatic heterocycles. The first kappa shape index (κ1) is 10.4. The van der Waals surface area contributed by atoms with Gasteiger partial charge in [0.05, 0.1) is 0 Å². The molecule has 1 aliphatic heterocycles. The summed E-state index contributed by atoms with van der Waals surface area (Å²) in [5, 5.41) is 0. The maximum atomic E-state index is 5.41. The molecule has 1 aromatic rings. The number of rotatable bonds is 1. The summed E-state index contributed by atoms with van der Waals surface area (Å²) in [5.41, 5.74) is 1.80. The van der Waals surface area contributed by atoms with Crippen molar-refractivity contribution >= 4 is 22.6 Å². The molecule has 0 unspecified atom stereocenters. The molecule has 0 radical (unpaired) electrons. The summed E-state index contributed by atoms with van der Waals surface area (Å²) in [7, 11) is 0. The quantitative estimate of drug-likeness (QED) is 0.723. The highest BCUT2D eigenvalue weighted by atomic mass is 127. The standard InChI is InChI=1S/C12H15IO/c1-12(5-7-14-8-6-12)10-3-2-4-11(13)9-10/h2-4,9H,5-8H2,1H3. The van der Waals surface area contributed by atoms with Gasteiger partial charge in [-0.15, -0.1) is 0 Å². The number of halogens is 1. The first-order valence-corrected chi connectivity index (χ1v) is 6.12. The van der Waals surface area contributed by atoms with Gasteiger partial charge in [-0.2, -0.15) is 0 Å². The SMILES string of the molecule is CC1(c2cccc(I)c2)CCOCC1. The fourth-order valence-electron chi connectivity index (χ4n) is 1.97. The zero-order valence-electron chi connectivity index (χ0n) is 8.42. The summed E-state index contributed by atoms with van der Waals surface area (Å²) in [6, 6.07) is 8.84. The molecule has 76 valence electrons. The summed E-state index contributed by atoms with van der Waals surface area (Å²) >= 11 is 2.38. The summed E-state index contributed by atoms with van der Waals surface area (Å²) in [5.74, 6) is 0.